The lowest BCUT2D eigenvalue weighted by Gasteiger charge is -2.31. The summed E-state index contributed by atoms with van der Waals surface area (Å²) in [5.74, 6) is 0.482. The maximum atomic E-state index is 12.7. The third-order valence-corrected chi connectivity index (χ3v) is 7.30. The van der Waals surface area contributed by atoms with E-state index in [-0.39, 0.29) is 36.1 Å². The van der Waals surface area contributed by atoms with Gasteiger partial charge < -0.3 is 19.3 Å². The minimum atomic E-state index is -0.770. The van der Waals surface area contributed by atoms with Crippen LogP contribution in [0.5, 0.6) is 0 Å². The van der Waals surface area contributed by atoms with Gasteiger partial charge in [-0.25, -0.2) is 0 Å². The van der Waals surface area contributed by atoms with Crippen molar-refractivity contribution in [3.63, 3.8) is 0 Å². The quantitative estimate of drug-likeness (QED) is 0.144. The van der Waals surface area contributed by atoms with Crippen molar-refractivity contribution in [2.24, 2.45) is 17.3 Å². The van der Waals surface area contributed by atoms with E-state index in [2.05, 4.69) is 26.8 Å². The molecule has 2 aliphatic rings. The molecule has 6 heteroatoms. The van der Waals surface area contributed by atoms with Crippen LogP contribution in [0.4, 0.5) is 0 Å². The molecule has 1 saturated heterocycles. The van der Waals surface area contributed by atoms with Gasteiger partial charge >= 0.3 is 5.97 Å². The molecule has 1 N–H and O–H groups in total. The number of hydrogen-bond donors (Lipinski definition) is 1. The van der Waals surface area contributed by atoms with Crippen molar-refractivity contribution >= 4 is 11.8 Å². The topological polar surface area (TPSA) is 82.1 Å². The molecule has 0 amide bonds. The number of rotatable bonds is 16. The summed E-state index contributed by atoms with van der Waals surface area (Å²) >= 11 is 0. The first-order valence-electron chi connectivity index (χ1n) is 13.7. The first kappa shape index (κ1) is 29.6. The highest BCUT2D eigenvalue weighted by Gasteiger charge is 2.39. The maximum absolute atomic E-state index is 12.7. The number of unbranched alkanes of at least 4 members (excludes halogenated alkanes) is 2. The molecule has 200 valence electrons. The number of methoxy groups -OCH3 is 1. The van der Waals surface area contributed by atoms with Crippen LogP contribution in [-0.2, 0) is 23.8 Å². The summed E-state index contributed by atoms with van der Waals surface area (Å²) in [6.07, 6.45) is 16.8. The molecule has 0 aromatic carbocycles. The fourth-order valence-corrected chi connectivity index (χ4v) is 5.24. The SMILES string of the molecule is CCCCC(C)(C)CC(=CC(OC)[C@H]1CCC(=O)[C@H]1CC=CCCCC(=O)O)OC1CCCCO1. The van der Waals surface area contributed by atoms with Crippen LogP contribution in [0, 0.1) is 17.3 Å². The molecule has 6 nitrogen and oxygen atoms in total. The van der Waals surface area contributed by atoms with Crippen molar-refractivity contribution in [3.8, 4) is 0 Å². The molecule has 2 fully saturated rings. The zero-order valence-corrected chi connectivity index (χ0v) is 22.4. The fourth-order valence-electron chi connectivity index (χ4n) is 5.24. The van der Waals surface area contributed by atoms with Crippen LogP contribution in [0.3, 0.4) is 0 Å². The standard InChI is InChI=1S/C29H48O6/c1-5-6-18-29(2,3)21-22(35-28-15-11-12-19-34-28)20-26(33-4)24-16-17-25(30)23(24)13-9-7-8-10-14-27(31)32/h7,9,20,23-24,26,28H,5-6,8,10-19,21H2,1-4H3,(H,31,32)/t23-,24-,26?,28?/m0/s1. The van der Waals surface area contributed by atoms with Gasteiger partial charge in [0.1, 0.15) is 5.78 Å². The first-order chi connectivity index (χ1) is 16.8. The lowest BCUT2D eigenvalue weighted by molar-refractivity contribution is -0.143. The number of carboxylic acid groups (broad SMARTS) is 1. The van der Waals surface area contributed by atoms with Crippen LogP contribution < -0.4 is 0 Å². The van der Waals surface area contributed by atoms with Gasteiger partial charge in [-0.15, -0.1) is 0 Å². The van der Waals surface area contributed by atoms with Crippen molar-refractivity contribution in [2.45, 2.75) is 117 Å². The van der Waals surface area contributed by atoms with Gasteiger partial charge in [-0.1, -0.05) is 45.8 Å². The fraction of sp³-hybridized carbons (Fsp3) is 0.793. The Hall–Kier alpha value is -1.66. The Kier molecular flexibility index (Phi) is 13.1. The van der Waals surface area contributed by atoms with E-state index < -0.39 is 5.97 Å². The van der Waals surface area contributed by atoms with Gasteiger partial charge in [-0.2, -0.15) is 0 Å². The lowest BCUT2D eigenvalue weighted by Crippen LogP contribution is -2.29. The predicted molar refractivity (Wildman–Crippen MR) is 138 cm³/mol. The Morgan fingerprint density at radius 2 is 2.03 bits per heavy atom. The molecule has 1 heterocycles. The van der Waals surface area contributed by atoms with Crippen LogP contribution in [-0.4, -0.2) is 43.0 Å². The van der Waals surface area contributed by atoms with Crippen molar-refractivity contribution in [2.75, 3.05) is 13.7 Å². The zero-order valence-electron chi connectivity index (χ0n) is 22.4. The van der Waals surface area contributed by atoms with Crippen LogP contribution in [0.25, 0.3) is 0 Å². The number of allylic oxidation sites excluding steroid dienone is 3. The molecule has 2 unspecified atom stereocenters. The summed E-state index contributed by atoms with van der Waals surface area (Å²) in [5, 5.41) is 8.78. The van der Waals surface area contributed by atoms with Gasteiger partial charge in [0, 0.05) is 38.7 Å². The van der Waals surface area contributed by atoms with E-state index in [1.165, 1.54) is 12.8 Å². The van der Waals surface area contributed by atoms with Gasteiger partial charge in [-0.05, 0) is 62.4 Å². The summed E-state index contributed by atoms with van der Waals surface area (Å²) in [5.41, 5.74) is 0.110. The van der Waals surface area contributed by atoms with Crippen molar-refractivity contribution < 1.29 is 28.9 Å². The number of carbonyl (C=O) groups excluding carboxylic acids is 1. The first-order valence-corrected chi connectivity index (χ1v) is 13.7. The number of Topliss-reactive ketones (excluding diaryl/α,β-unsaturated/α-hetero) is 1. The number of hydrogen-bond acceptors (Lipinski definition) is 5. The number of ether oxygens (including phenoxy) is 3. The maximum Gasteiger partial charge on any atom is 0.303 e. The second-order valence-corrected chi connectivity index (χ2v) is 11.0. The number of ketones is 1. The van der Waals surface area contributed by atoms with Crippen molar-refractivity contribution in [1.82, 2.24) is 0 Å². The van der Waals surface area contributed by atoms with Gasteiger partial charge in [0.05, 0.1) is 18.5 Å². The molecule has 1 aliphatic carbocycles. The van der Waals surface area contributed by atoms with Crippen LogP contribution in [0.15, 0.2) is 24.0 Å². The molecule has 1 saturated carbocycles. The van der Waals surface area contributed by atoms with E-state index in [1.807, 2.05) is 12.2 Å². The number of carbonyl (C=O) groups is 2. The molecule has 0 aromatic heterocycles. The molecular weight excluding hydrogens is 444 g/mol. The Balaban J connectivity index is 2.12. The van der Waals surface area contributed by atoms with Crippen LogP contribution >= 0.6 is 0 Å². The minimum Gasteiger partial charge on any atom is -0.481 e. The molecule has 1 aliphatic heterocycles. The smallest absolute Gasteiger partial charge is 0.303 e. The summed E-state index contributed by atoms with van der Waals surface area (Å²) < 4.78 is 18.3. The predicted octanol–water partition coefficient (Wildman–Crippen LogP) is 6.83. The molecule has 35 heavy (non-hydrogen) atoms. The zero-order chi connectivity index (χ0) is 25.7. The van der Waals surface area contributed by atoms with Crippen LogP contribution in [0.2, 0.25) is 0 Å². The molecular formula is C29H48O6. The van der Waals surface area contributed by atoms with Crippen molar-refractivity contribution in [1.29, 1.82) is 0 Å². The second-order valence-electron chi connectivity index (χ2n) is 11.0. The highest BCUT2D eigenvalue weighted by Crippen LogP contribution is 2.38. The Labute approximate surface area is 212 Å². The average Bonchev–Trinajstić information content (AvgIpc) is 3.18. The Bertz CT molecular complexity index is 704. The summed E-state index contributed by atoms with van der Waals surface area (Å²) in [6.45, 7) is 7.54. The van der Waals surface area contributed by atoms with Crippen LogP contribution in [0.1, 0.15) is 104 Å². The molecule has 4 atom stereocenters. The molecule has 2 rings (SSSR count). The summed E-state index contributed by atoms with van der Waals surface area (Å²) in [4.78, 5) is 23.4. The molecule has 0 bridgehead atoms. The lowest BCUT2D eigenvalue weighted by atomic mass is 9.82. The second kappa shape index (κ2) is 15.5. The Morgan fingerprint density at radius 3 is 2.69 bits per heavy atom. The normalized spacial score (nSPS) is 24.7. The Morgan fingerprint density at radius 1 is 1.23 bits per heavy atom. The van der Waals surface area contributed by atoms with Gasteiger partial charge in [0.25, 0.3) is 0 Å². The van der Waals surface area contributed by atoms with Gasteiger partial charge in [0.15, 0.2) is 6.29 Å². The van der Waals surface area contributed by atoms with E-state index in [9.17, 15) is 9.59 Å². The number of carboxylic acids is 1. The van der Waals surface area contributed by atoms with E-state index in [1.54, 1.807) is 7.11 Å². The molecule has 0 spiro atoms. The minimum absolute atomic E-state index is 0.0767. The van der Waals surface area contributed by atoms with E-state index in [4.69, 9.17) is 19.3 Å². The molecule has 0 aromatic rings. The van der Waals surface area contributed by atoms with E-state index in [0.29, 0.717) is 25.0 Å². The largest absolute Gasteiger partial charge is 0.481 e. The van der Waals surface area contributed by atoms with Gasteiger partial charge in [0.2, 0.25) is 0 Å². The van der Waals surface area contributed by atoms with E-state index >= 15 is 0 Å². The van der Waals surface area contributed by atoms with Gasteiger partial charge in [-0.3, -0.25) is 9.59 Å². The third kappa shape index (κ3) is 10.9. The monoisotopic (exact) mass is 492 g/mol. The highest BCUT2D eigenvalue weighted by molar-refractivity contribution is 5.83. The average molecular weight is 493 g/mol. The highest BCUT2D eigenvalue weighted by atomic mass is 16.7. The molecule has 0 radical (unpaired) electrons. The number of aliphatic carboxylic acids is 1. The van der Waals surface area contributed by atoms with E-state index in [0.717, 1.165) is 57.3 Å². The summed E-state index contributed by atoms with van der Waals surface area (Å²) in [7, 11) is 1.72. The summed E-state index contributed by atoms with van der Waals surface area (Å²) in [6, 6.07) is 0. The third-order valence-electron chi connectivity index (χ3n) is 7.30. The van der Waals surface area contributed by atoms with Crippen molar-refractivity contribution in [3.05, 3.63) is 24.0 Å².